The van der Waals surface area contributed by atoms with Crippen molar-refractivity contribution in [2.75, 3.05) is 24.5 Å². The number of rotatable bonds is 3. The van der Waals surface area contributed by atoms with Crippen molar-refractivity contribution in [3.63, 3.8) is 0 Å². The molecule has 0 aliphatic carbocycles. The standard InChI is InChI=1S/C28H27N3O2/c32-28(31-16-5-8-23(19-31)27-29-25-9-3-4-10-26(25)33-27)21-11-13-24(14-12-21)30-17-15-20-6-1-2-7-22(20)18-30/h1-4,6-7,9-14,23H,5,8,15-19H2. The molecule has 1 aromatic heterocycles. The molecule has 1 fully saturated rings. The first-order chi connectivity index (χ1) is 16.2. The molecule has 0 bridgehead atoms. The van der Waals surface area contributed by atoms with Crippen molar-refractivity contribution < 1.29 is 9.21 Å². The molecule has 3 heterocycles. The lowest BCUT2D eigenvalue weighted by Crippen LogP contribution is -2.39. The van der Waals surface area contributed by atoms with E-state index in [1.165, 1.54) is 16.8 Å². The van der Waals surface area contributed by atoms with Crippen molar-refractivity contribution in [2.24, 2.45) is 0 Å². The minimum atomic E-state index is 0.0892. The zero-order valence-corrected chi connectivity index (χ0v) is 18.6. The van der Waals surface area contributed by atoms with Gasteiger partial charge >= 0.3 is 0 Å². The maximum atomic E-state index is 13.3. The normalized spacial score (nSPS) is 18.4. The van der Waals surface area contributed by atoms with Crippen LogP contribution in [0.3, 0.4) is 0 Å². The molecule has 3 aromatic carbocycles. The van der Waals surface area contributed by atoms with Crippen LogP contribution in [-0.4, -0.2) is 35.4 Å². The lowest BCUT2D eigenvalue weighted by molar-refractivity contribution is 0.0699. The van der Waals surface area contributed by atoms with Crippen molar-refractivity contribution in [1.82, 2.24) is 9.88 Å². The molecule has 5 nitrogen and oxygen atoms in total. The lowest BCUT2D eigenvalue weighted by atomic mass is 9.97. The topological polar surface area (TPSA) is 49.6 Å². The quantitative estimate of drug-likeness (QED) is 0.430. The fourth-order valence-corrected chi connectivity index (χ4v) is 5.14. The van der Waals surface area contributed by atoms with Gasteiger partial charge in [0.15, 0.2) is 11.5 Å². The maximum absolute atomic E-state index is 13.3. The molecule has 6 rings (SSSR count). The number of hydrogen-bond acceptors (Lipinski definition) is 4. The van der Waals surface area contributed by atoms with Gasteiger partial charge in [-0.2, -0.15) is 0 Å². The summed E-state index contributed by atoms with van der Waals surface area (Å²) >= 11 is 0. The molecule has 166 valence electrons. The van der Waals surface area contributed by atoms with Gasteiger partial charge in [0.05, 0.1) is 5.92 Å². The van der Waals surface area contributed by atoms with Crippen LogP contribution in [0.25, 0.3) is 11.1 Å². The highest BCUT2D eigenvalue weighted by atomic mass is 16.3. The minimum Gasteiger partial charge on any atom is -0.440 e. The Bertz CT molecular complexity index is 1260. The summed E-state index contributed by atoms with van der Waals surface area (Å²) in [7, 11) is 0. The highest BCUT2D eigenvalue weighted by Crippen LogP contribution is 2.30. The molecule has 0 N–H and O–H groups in total. The van der Waals surface area contributed by atoms with Gasteiger partial charge in [-0.15, -0.1) is 0 Å². The third-order valence-electron chi connectivity index (χ3n) is 6.98. The van der Waals surface area contributed by atoms with E-state index >= 15 is 0 Å². The number of amides is 1. The Morgan fingerprint density at radius 2 is 1.70 bits per heavy atom. The monoisotopic (exact) mass is 437 g/mol. The van der Waals surface area contributed by atoms with Gasteiger partial charge in [0.2, 0.25) is 0 Å². The number of aromatic nitrogens is 1. The average molecular weight is 438 g/mol. The number of para-hydroxylation sites is 2. The third-order valence-corrected chi connectivity index (χ3v) is 6.98. The molecule has 1 atom stereocenters. The van der Waals surface area contributed by atoms with Crippen molar-refractivity contribution >= 4 is 22.7 Å². The summed E-state index contributed by atoms with van der Waals surface area (Å²) in [6.07, 6.45) is 3.01. The van der Waals surface area contributed by atoms with E-state index in [1.54, 1.807) is 0 Å². The lowest BCUT2D eigenvalue weighted by Gasteiger charge is -2.32. The number of fused-ring (bicyclic) bond motifs is 2. The summed E-state index contributed by atoms with van der Waals surface area (Å²) in [4.78, 5) is 22.3. The van der Waals surface area contributed by atoms with E-state index in [0.717, 1.165) is 61.5 Å². The smallest absolute Gasteiger partial charge is 0.253 e. The van der Waals surface area contributed by atoms with Crippen LogP contribution < -0.4 is 4.90 Å². The Balaban J connectivity index is 1.15. The zero-order chi connectivity index (χ0) is 22.2. The number of hydrogen-bond donors (Lipinski definition) is 0. The zero-order valence-electron chi connectivity index (χ0n) is 18.6. The second-order valence-corrected chi connectivity index (χ2v) is 9.10. The first-order valence-electron chi connectivity index (χ1n) is 11.8. The highest BCUT2D eigenvalue weighted by Gasteiger charge is 2.28. The van der Waals surface area contributed by atoms with Gasteiger partial charge in [-0.25, -0.2) is 4.98 Å². The fourth-order valence-electron chi connectivity index (χ4n) is 5.14. The highest BCUT2D eigenvalue weighted by molar-refractivity contribution is 5.94. The van der Waals surface area contributed by atoms with Crippen LogP contribution in [0.1, 0.15) is 46.1 Å². The predicted molar refractivity (Wildman–Crippen MR) is 130 cm³/mol. The number of piperidine rings is 1. The van der Waals surface area contributed by atoms with Crippen molar-refractivity contribution in [3.05, 3.63) is 95.4 Å². The number of anilines is 1. The number of carbonyl (C=O) groups is 1. The molecule has 1 amide bonds. The summed E-state index contributed by atoms with van der Waals surface area (Å²) in [6, 6.07) is 24.6. The van der Waals surface area contributed by atoms with Gasteiger partial charge in [0, 0.05) is 37.4 Å². The van der Waals surface area contributed by atoms with Crippen LogP contribution in [0.5, 0.6) is 0 Å². The molecule has 1 saturated heterocycles. The van der Waals surface area contributed by atoms with Crippen LogP contribution >= 0.6 is 0 Å². The van der Waals surface area contributed by atoms with E-state index < -0.39 is 0 Å². The number of carbonyl (C=O) groups excluding carboxylic acids is 1. The minimum absolute atomic E-state index is 0.0892. The molecule has 33 heavy (non-hydrogen) atoms. The molecule has 0 saturated carbocycles. The first-order valence-corrected chi connectivity index (χ1v) is 11.8. The Labute approximate surface area is 193 Å². The molecule has 0 radical (unpaired) electrons. The second kappa shape index (κ2) is 8.39. The number of oxazole rings is 1. The average Bonchev–Trinajstić information content (AvgIpc) is 3.33. The van der Waals surface area contributed by atoms with E-state index in [9.17, 15) is 4.79 Å². The van der Waals surface area contributed by atoms with Gasteiger partial charge < -0.3 is 14.2 Å². The third kappa shape index (κ3) is 3.88. The van der Waals surface area contributed by atoms with Crippen LogP contribution in [0, 0.1) is 0 Å². The maximum Gasteiger partial charge on any atom is 0.253 e. The second-order valence-electron chi connectivity index (χ2n) is 9.10. The summed E-state index contributed by atoms with van der Waals surface area (Å²) in [5.41, 5.74) is 6.44. The molecule has 2 aliphatic rings. The van der Waals surface area contributed by atoms with Crippen LogP contribution in [0.2, 0.25) is 0 Å². The number of nitrogens with zero attached hydrogens (tertiary/aromatic N) is 3. The van der Waals surface area contributed by atoms with E-state index in [-0.39, 0.29) is 11.8 Å². The Kier molecular flexibility index (Phi) is 5.10. The SMILES string of the molecule is O=C(c1ccc(N2CCc3ccccc3C2)cc1)N1CCCC(c2nc3ccccc3o2)C1. The number of benzene rings is 3. The first kappa shape index (κ1) is 20.0. The van der Waals surface area contributed by atoms with Gasteiger partial charge in [0.1, 0.15) is 5.52 Å². The predicted octanol–water partition coefficient (Wildman–Crippen LogP) is 5.41. The fraction of sp³-hybridized carbons (Fsp3) is 0.286. The van der Waals surface area contributed by atoms with Crippen LogP contribution in [-0.2, 0) is 13.0 Å². The Morgan fingerprint density at radius 1 is 0.909 bits per heavy atom. The van der Waals surface area contributed by atoms with E-state index in [1.807, 2.05) is 41.3 Å². The van der Waals surface area contributed by atoms with E-state index in [4.69, 9.17) is 4.42 Å². The molecule has 4 aromatic rings. The summed E-state index contributed by atoms with van der Waals surface area (Å²) in [6.45, 7) is 3.35. The molecular weight excluding hydrogens is 410 g/mol. The van der Waals surface area contributed by atoms with Gasteiger partial charge in [-0.1, -0.05) is 36.4 Å². The van der Waals surface area contributed by atoms with Gasteiger partial charge in [-0.3, -0.25) is 4.79 Å². The number of likely N-dealkylation sites (tertiary alicyclic amines) is 1. The molecule has 5 heteroatoms. The van der Waals surface area contributed by atoms with Crippen molar-refractivity contribution in [1.29, 1.82) is 0 Å². The largest absolute Gasteiger partial charge is 0.440 e. The molecule has 0 spiro atoms. The van der Waals surface area contributed by atoms with Crippen molar-refractivity contribution in [3.8, 4) is 0 Å². The Hall–Kier alpha value is -3.60. The summed E-state index contributed by atoms with van der Waals surface area (Å²) < 4.78 is 5.99. The molecule has 2 aliphatic heterocycles. The summed E-state index contributed by atoms with van der Waals surface area (Å²) in [5.74, 6) is 0.976. The van der Waals surface area contributed by atoms with E-state index in [2.05, 4.69) is 46.3 Å². The summed E-state index contributed by atoms with van der Waals surface area (Å²) in [5, 5.41) is 0. The van der Waals surface area contributed by atoms with Gasteiger partial charge in [0.25, 0.3) is 5.91 Å². The molecular formula is C28H27N3O2. The van der Waals surface area contributed by atoms with Crippen molar-refractivity contribution in [2.45, 2.75) is 31.7 Å². The van der Waals surface area contributed by atoms with E-state index in [0.29, 0.717) is 6.54 Å². The van der Waals surface area contributed by atoms with Crippen LogP contribution in [0.4, 0.5) is 5.69 Å². The van der Waals surface area contributed by atoms with Gasteiger partial charge in [-0.05, 0) is 66.8 Å². The molecule has 1 unspecified atom stereocenters. The Morgan fingerprint density at radius 3 is 2.55 bits per heavy atom. The van der Waals surface area contributed by atoms with Crippen LogP contribution in [0.15, 0.2) is 77.2 Å².